The van der Waals surface area contributed by atoms with Crippen LogP contribution in [0.2, 0.25) is 0 Å². The van der Waals surface area contributed by atoms with Gasteiger partial charge in [-0.25, -0.2) is 0 Å². The van der Waals surface area contributed by atoms with E-state index in [-0.39, 0.29) is 23.5 Å². The van der Waals surface area contributed by atoms with E-state index < -0.39 is 6.04 Å². The molecule has 3 amide bonds. The summed E-state index contributed by atoms with van der Waals surface area (Å²) in [6, 6.07) is 3.28. The molecule has 3 fully saturated rings. The van der Waals surface area contributed by atoms with Gasteiger partial charge in [-0.15, -0.1) is 0 Å². The van der Waals surface area contributed by atoms with Crippen molar-refractivity contribution in [3.05, 3.63) is 24.2 Å². The molecule has 1 aromatic heterocycles. The molecule has 4 rings (SSSR count). The van der Waals surface area contributed by atoms with Gasteiger partial charge in [-0.2, -0.15) is 0 Å². The molecule has 0 spiro atoms. The Balaban J connectivity index is 1.31. The van der Waals surface area contributed by atoms with Crippen molar-refractivity contribution in [3.8, 4) is 0 Å². The Labute approximate surface area is 164 Å². The fraction of sp³-hybridized carbons (Fsp3) is 0.650. The summed E-state index contributed by atoms with van der Waals surface area (Å²) in [5.41, 5.74) is 0. The average molecular weight is 388 g/mol. The van der Waals surface area contributed by atoms with Crippen LogP contribution in [0.25, 0.3) is 0 Å². The Morgan fingerprint density at radius 3 is 2.50 bits per heavy atom. The lowest BCUT2D eigenvalue weighted by atomic mass is 10.00. The summed E-state index contributed by atoms with van der Waals surface area (Å²) in [5, 5.41) is 3.00. The maximum atomic E-state index is 13.1. The third-order valence-electron chi connectivity index (χ3n) is 5.77. The van der Waals surface area contributed by atoms with Crippen LogP contribution < -0.4 is 5.32 Å². The number of furan rings is 1. The Morgan fingerprint density at radius 2 is 1.82 bits per heavy atom. The van der Waals surface area contributed by atoms with E-state index in [0.717, 1.165) is 25.7 Å². The van der Waals surface area contributed by atoms with Crippen LogP contribution in [0, 0.1) is 0 Å². The van der Waals surface area contributed by atoms with Crippen molar-refractivity contribution in [2.75, 3.05) is 39.3 Å². The van der Waals surface area contributed by atoms with Crippen LogP contribution in [0.5, 0.6) is 0 Å². The smallest absolute Gasteiger partial charge is 0.290 e. The molecule has 1 aliphatic carbocycles. The maximum absolute atomic E-state index is 13.1. The Bertz CT molecular complexity index is 708. The number of rotatable bonds is 5. The molecule has 28 heavy (non-hydrogen) atoms. The molecule has 1 aromatic rings. The van der Waals surface area contributed by atoms with Crippen molar-refractivity contribution in [1.29, 1.82) is 0 Å². The van der Waals surface area contributed by atoms with Crippen molar-refractivity contribution in [3.63, 3.8) is 0 Å². The number of carbonyl (C=O) groups is 3. The Morgan fingerprint density at radius 1 is 1.04 bits per heavy atom. The zero-order valence-electron chi connectivity index (χ0n) is 16.1. The molecule has 2 saturated heterocycles. The quantitative estimate of drug-likeness (QED) is 0.802. The van der Waals surface area contributed by atoms with Gasteiger partial charge in [0.2, 0.25) is 11.8 Å². The molecule has 1 unspecified atom stereocenters. The van der Waals surface area contributed by atoms with Gasteiger partial charge in [0, 0.05) is 38.8 Å². The number of piperazine rings is 1. The SMILES string of the molecule is O=C(CN1CCN(C(=O)C2CCCCN2C(=O)c2ccco2)CC1)NC1CC1. The van der Waals surface area contributed by atoms with Crippen molar-refractivity contribution >= 4 is 17.7 Å². The summed E-state index contributed by atoms with van der Waals surface area (Å²) in [4.78, 5) is 43.4. The lowest BCUT2D eigenvalue weighted by Gasteiger charge is -2.40. The van der Waals surface area contributed by atoms with Crippen LogP contribution in [0.4, 0.5) is 0 Å². The maximum Gasteiger partial charge on any atom is 0.290 e. The van der Waals surface area contributed by atoms with Gasteiger partial charge in [0.05, 0.1) is 12.8 Å². The minimum absolute atomic E-state index is 0.0155. The molecule has 0 bridgehead atoms. The highest BCUT2D eigenvalue weighted by Crippen LogP contribution is 2.22. The second-order valence-corrected chi connectivity index (χ2v) is 7.93. The normalized spacial score (nSPS) is 23.5. The molecule has 2 aliphatic heterocycles. The summed E-state index contributed by atoms with van der Waals surface area (Å²) in [6.45, 7) is 3.53. The second kappa shape index (κ2) is 8.34. The van der Waals surface area contributed by atoms with Gasteiger partial charge in [-0.3, -0.25) is 19.3 Å². The first kappa shape index (κ1) is 19.0. The predicted molar refractivity (Wildman–Crippen MR) is 102 cm³/mol. The van der Waals surface area contributed by atoms with Gasteiger partial charge in [-0.1, -0.05) is 0 Å². The minimum Gasteiger partial charge on any atom is -0.459 e. The number of nitrogens with one attached hydrogen (secondary N) is 1. The zero-order chi connectivity index (χ0) is 19.5. The average Bonchev–Trinajstić information content (AvgIpc) is 3.35. The fourth-order valence-electron chi connectivity index (χ4n) is 4.01. The lowest BCUT2D eigenvalue weighted by Crippen LogP contribution is -2.57. The van der Waals surface area contributed by atoms with E-state index in [9.17, 15) is 14.4 Å². The van der Waals surface area contributed by atoms with Gasteiger partial charge in [0.25, 0.3) is 5.91 Å². The van der Waals surface area contributed by atoms with Crippen LogP contribution in [0.1, 0.15) is 42.7 Å². The third-order valence-corrected chi connectivity index (χ3v) is 5.77. The van der Waals surface area contributed by atoms with Crippen LogP contribution >= 0.6 is 0 Å². The minimum atomic E-state index is -0.420. The Hall–Kier alpha value is -2.35. The molecular formula is C20H28N4O4. The van der Waals surface area contributed by atoms with Gasteiger partial charge in [0.1, 0.15) is 6.04 Å². The summed E-state index contributed by atoms with van der Waals surface area (Å²) in [6.07, 6.45) is 6.19. The molecule has 1 atom stereocenters. The van der Waals surface area contributed by atoms with Crippen LogP contribution in [-0.4, -0.2) is 83.8 Å². The van der Waals surface area contributed by atoms with Crippen molar-refractivity contribution in [1.82, 2.24) is 20.0 Å². The highest BCUT2D eigenvalue weighted by atomic mass is 16.3. The van der Waals surface area contributed by atoms with Crippen LogP contribution in [-0.2, 0) is 9.59 Å². The van der Waals surface area contributed by atoms with Crippen molar-refractivity contribution < 1.29 is 18.8 Å². The number of likely N-dealkylation sites (tertiary alicyclic amines) is 1. The molecule has 3 aliphatic rings. The first-order valence-corrected chi connectivity index (χ1v) is 10.3. The highest BCUT2D eigenvalue weighted by molar-refractivity contribution is 5.95. The fourth-order valence-corrected chi connectivity index (χ4v) is 4.01. The highest BCUT2D eigenvalue weighted by Gasteiger charge is 2.37. The van der Waals surface area contributed by atoms with Crippen molar-refractivity contribution in [2.45, 2.75) is 44.2 Å². The molecule has 8 nitrogen and oxygen atoms in total. The largest absolute Gasteiger partial charge is 0.459 e. The number of piperidine rings is 1. The van der Waals surface area contributed by atoms with E-state index in [4.69, 9.17) is 4.42 Å². The lowest BCUT2D eigenvalue weighted by molar-refractivity contribution is -0.139. The van der Waals surface area contributed by atoms with Gasteiger partial charge in [-0.05, 0) is 44.2 Å². The van der Waals surface area contributed by atoms with Crippen LogP contribution in [0.15, 0.2) is 22.8 Å². The summed E-state index contributed by atoms with van der Waals surface area (Å²) in [7, 11) is 0. The van der Waals surface area contributed by atoms with E-state index in [1.807, 2.05) is 4.90 Å². The van der Waals surface area contributed by atoms with Gasteiger partial charge < -0.3 is 19.5 Å². The third kappa shape index (κ3) is 4.38. The first-order chi connectivity index (χ1) is 13.6. The molecule has 3 heterocycles. The van der Waals surface area contributed by atoms with E-state index in [1.165, 1.54) is 6.26 Å². The topological polar surface area (TPSA) is 86.1 Å². The molecule has 8 heteroatoms. The number of hydrogen-bond donors (Lipinski definition) is 1. The molecular weight excluding hydrogens is 360 g/mol. The second-order valence-electron chi connectivity index (χ2n) is 7.93. The van der Waals surface area contributed by atoms with Crippen molar-refractivity contribution in [2.24, 2.45) is 0 Å². The standard InChI is InChI=1S/C20H28N4O4/c25-18(21-15-6-7-15)14-22-9-11-23(12-10-22)19(26)16-4-1-2-8-24(16)20(27)17-5-3-13-28-17/h3,5,13,15-16H,1-2,4,6-12,14H2,(H,21,25). The van der Waals surface area contributed by atoms with Gasteiger partial charge in [0.15, 0.2) is 5.76 Å². The first-order valence-electron chi connectivity index (χ1n) is 10.3. The summed E-state index contributed by atoms with van der Waals surface area (Å²) >= 11 is 0. The van der Waals surface area contributed by atoms with E-state index in [1.54, 1.807) is 17.0 Å². The summed E-state index contributed by atoms with van der Waals surface area (Å²) in [5.74, 6) is 0.163. The molecule has 152 valence electrons. The van der Waals surface area contributed by atoms with Crippen LogP contribution in [0.3, 0.4) is 0 Å². The number of nitrogens with zero attached hydrogens (tertiary/aromatic N) is 3. The molecule has 1 N–H and O–H groups in total. The monoisotopic (exact) mass is 388 g/mol. The van der Waals surface area contributed by atoms with Gasteiger partial charge >= 0.3 is 0 Å². The molecule has 1 saturated carbocycles. The van der Waals surface area contributed by atoms with E-state index in [0.29, 0.717) is 51.7 Å². The summed E-state index contributed by atoms with van der Waals surface area (Å²) < 4.78 is 5.24. The van der Waals surface area contributed by atoms with E-state index in [2.05, 4.69) is 10.2 Å². The number of hydrogen-bond acceptors (Lipinski definition) is 5. The molecule has 0 aromatic carbocycles. The predicted octanol–water partition coefficient (Wildman–Crippen LogP) is 0.697. The van der Waals surface area contributed by atoms with E-state index >= 15 is 0 Å². The number of amides is 3. The number of carbonyl (C=O) groups excluding carboxylic acids is 3. The Kier molecular flexibility index (Phi) is 5.66. The molecule has 0 radical (unpaired) electrons. The zero-order valence-corrected chi connectivity index (χ0v) is 16.1.